The van der Waals surface area contributed by atoms with Crippen molar-refractivity contribution in [3.8, 4) is 5.69 Å². The summed E-state index contributed by atoms with van der Waals surface area (Å²) in [6, 6.07) is 9.17. The summed E-state index contributed by atoms with van der Waals surface area (Å²) in [5.41, 5.74) is 3.51. The highest BCUT2D eigenvalue weighted by Crippen LogP contribution is 2.23. The Labute approximate surface area is 126 Å². The second-order valence-electron chi connectivity index (χ2n) is 6.09. The summed E-state index contributed by atoms with van der Waals surface area (Å²) in [5.74, 6) is 0.913. The third-order valence-electron chi connectivity index (χ3n) is 3.84. The first-order valence-electron chi connectivity index (χ1n) is 7.81. The van der Waals surface area contributed by atoms with Crippen LogP contribution in [0.4, 0.5) is 11.6 Å². The van der Waals surface area contributed by atoms with Gasteiger partial charge in [0.05, 0.1) is 5.69 Å². The Morgan fingerprint density at radius 1 is 1.05 bits per heavy atom. The van der Waals surface area contributed by atoms with E-state index in [1.807, 2.05) is 6.92 Å². The molecule has 4 nitrogen and oxygen atoms in total. The second-order valence-corrected chi connectivity index (χ2v) is 6.09. The molecule has 2 aromatic rings. The van der Waals surface area contributed by atoms with Crippen molar-refractivity contribution < 1.29 is 0 Å². The summed E-state index contributed by atoms with van der Waals surface area (Å²) in [7, 11) is 0. The van der Waals surface area contributed by atoms with Crippen molar-refractivity contribution in [3.63, 3.8) is 0 Å². The minimum atomic E-state index is 0.370. The fraction of sp³-hybridized carbons (Fsp3) is 0.471. The molecule has 1 aliphatic heterocycles. The highest BCUT2D eigenvalue weighted by atomic mass is 15.2. The molecule has 4 heteroatoms. The van der Waals surface area contributed by atoms with Crippen molar-refractivity contribution in [3.05, 3.63) is 36.2 Å². The molecule has 3 rings (SSSR count). The molecule has 0 saturated carbocycles. The van der Waals surface area contributed by atoms with Crippen molar-refractivity contribution in [2.75, 3.05) is 23.3 Å². The van der Waals surface area contributed by atoms with Gasteiger partial charge in [-0.2, -0.15) is 0 Å². The van der Waals surface area contributed by atoms with Gasteiger partial charge < -0.3 is 10.2 Å². The zero-order valence-corrected chi connectivity index (χ0v) is 13.1. The maximum atomic E-state index is 4.57. The van der Waals surface area contributed by atoms with Gasteiger partial charge in [0.1, 0.15) is 0 Å². The predicted octanol–water partition coefficient (Wildman–Crippen LogP) is 3.60. The van der Waals surface area contributed by atoms with Gasteiger partial charge in [-0.15, -0.1) is 0 Å². The number of aromatic nitrogens is 2. The first kappa shape index (κ1) is 14.0. The van der Waals surface area contributed by atoms with Gasteiger partial charge in [-0.25, -0.2) is 4.98 Å². The third kappa shape index (κ3) is 3.04. The van der Waals surface area contributed by atoms with Crippen LogP contribution in [0.2, 0.25) is 0 Å². The number of aryl methyl sites for hydroxylation is 1. The highest BCUT2D eigenvalue weighted by molar-refractivity contribution is 5.53. The zero-order chi connectivity index (χ0) is 14.8. The quantitative estimate of drug-likeness (QED) is 0.931. The molecule has 1 fully saturated rings. The van der Waals surface area contributed by atoms with E-state index in [0.717, 1.165) is 17.3 Å². The first-order chi connectivity index (χ1) is 10.1. The molecule has 0 amide bonds. The monoisotopic (exact) mass is 284 g/mol. The Morgan fingerprint density at radius 2 is 1.67 bits per heavy atom. The minimum Gasteiger partial charge on any atom is -0.372 e. The van der Waals surface area contributed by atoms with E-state index in [9.17, 15) is 0 Å². The maximum absolute atomic E-state index is 4.57. The average molecular weight is 284 g/mol. The minimum absolute atomic E-state index is 0.370. The molecule has 1 aromatic carbocycles. The van der Waals surface area contributed by atoms with Crippen LogP contribution in [0.5, 0.6) is 0 Å². The van der Waals surface area contributed by atoms with Gasteiger partial charge in [0.25, 0.3) is 0 Å². The van der Waals surface area contributed by atoms with Gasteiger partial charge in [-0.05, 0) is 57.9 Å². The van der Waals surface area contributed by atoms with Gasteiger partial charge in [0, 0.05) is 36.7 Å². The Kier molecular flexibility index (Phi) is 3.86. The van der Waals surface area contributed by atoms with Crippen molar-refractivity contribution in [2.45, 2.75) is 39.7 Å². The normalized spacial score (nSPS) is 15.0. The maximum Gasteiger partial charge on any atom is 0.207 e. The van der Waals surface area contributed by atoms with Crippen LogP contribution in [-0.4, -0.2) is 28.7 Å². The molecular weight excluding hydrogens is 260 g/mol. The van der Waals surface area contributed by atoms with E-state index in [2.05, 4.69) is 64.1 Å². The molecule has 0 spiro atoms. The van der Waals surface area contributed by atoms with Gasteiger partial charge in [0.2, 0.25) is 5.95 Å². The van der Waals surface area contributed by atoms with E-state index in [1.165, 1.54) is 31.6 Å². The Bertz CT molecular complexity index is 592. The van der Waals surface area contributed by atoms with Crippen molar-refractivity contribution in [1.82, 2.24) is 9.55 Å². The van der Waals surface area contributed by atoms with Crippen LogP contribution in [0.15, 0.2) is 30.5 Å². The van der Waals surface area contributed by atoms with Gasteiger partial charge in [-0.3, -0.25) is 4.57 Å². The lowest BCUT2D eigenvalue weighted by Crippen LogP contribution is -2.17. The smallest absolute Gasteiger partial charge is 0.207 e. The van der Waals surface area contributed by atoms with E-state index in [1.54, 1.807) is 0 Å². The SMILES string of the molecule is Cc1cn(-c2ccc(N3CCCC3)cc2)c(NC(C)C)n1. The molecule has 1 N–H and O–H groups in total. The first-order valence-corrected chi connectivity index (χ1v) is 7.81. The van der Waals surface area contributed by atoms with Crippen LogP contribution < -0.4 is 10.2 Å². The molecule has 2 heterocycles. The number of nitrogens with one attached hydrogen (secondary N) is 1. The molecular formula is C17H24N4. The van der Waals surface area contributed by atoms with Crippen LogP contribution in [0.1, 0.15) is 32.4 Å². The van der Waals surface area contributed by atoms with Crippen LogP contribution in [0.3, 0.4) is 0 Å². The molecule has 21 heavy (non-hydrogen) atoms. The van der Waals surface area contributed by atoms with Gasteiger partial charge in [-0.1, -0.05) is 0 Å². The molecule has 0 radical (unpaired) electrons. The Morgan fingerprint density at radius 3 is 2.29 bits per heavy atom. The number of rotatable bonds is 4. The van der Waals surface area contributed by atoms with Crippen molar-refractivity contribution in [2.24, 2.45) is 0 Å². The lowest BCUT2D eigenvalue weighted by Gasteiger charge is -2.18. The van der Waals surface area contributed by atoms with E-state index < -0.39 is 0 Å². The second kappa shape index (κ2) is 5.80. The summed E-state index contributed by atoms with van der Waals surface area (Å²) in [6.07, 6.45) is 4.70. The van der Waals surface area contributed by atoms with E-state index in [-0.39, 0.29) is 0 Å². The summed E-state index contributed by atoms with van der Waals surface area (Å²) in [4.78, 5) is 7.02. The number of anilines is 2. The molecule has 1 aliphatic rings. The lowest BCUT2D eigenvalue weighted by atomic mass is 10.2. The summed E-state index contributed by atoms with van der Waals surface area (Å²) in [5, 5.41) is 3.40. The average Bonchev–Trinajstić information content (AvgIpc) is 3.08. The topological polar surface area (TPSA) is 33.1 Å². The molecule has 0 aliphatic carbocycles. The van der Waals surface area contributed by atoms with Crippen LogP contribution in [-0.2, 0) is 0 Å². The highest BCUT2D eigenvalue weighted by Gasteiger charge is 2.13. The summed E-state index contributed by atoms with van der Waals surface area (Å²) < 4.78 is 2.13. The molecule has 0 atom stereocenters. The molecule has 0 unspecified atom stereocenters. The van der Waals surface area contributed by atoms with Gasteiger partial charge in [0.15, 0.2) is 0 Å². The predicted molar refractivity (Wildman–Crippen MR) is 88.5 cm³/mol. The molecule has 1 saturated heterocycles. The number of hydrogen-bond acceptors (Lipinski definition) is 3. The largest absolute Gasteiger partial charge is 0.372 e. The Balaban J connectivity index is 1.86. The zero-order valence-electron chi connectivity index (χ0n) is 13.1. The third-order valence-corrected chi connectivity index (χ3v) is 3.84. The molecule has 112 valence electrons. The van der Waals surface area contributed by atoms with E-state index >= 15 is 0 Å². The van der Waals surface area contributed by atoms with Crippen LogP contribution in [0.25, 0.3) is 5.69 Å². The summed E-state index contributed by atoms with van der Waals surface area (Å²) in [6.45, 7) is 8.66. The van der Waals surface area contributed by atoms with Crippen LogP contribution >= 0.6 is 0 Å². The lowest BCUT2D eigenvalue weighted by molar-refractivity contribution is 0.863. The standard InChI is InChI=1S/C17H24N4/c1-13(2)18-17-19-14(3)12-21(17)16-8-6-15(7-9-16)20-10-4-5-11-20/h6-9,12-13H,4-5,10-11H2,1-3H3,(H,18,19). The number of benzene rings is 1. The summed E-state index contributed by atoms with van der Waals surface area (Å²) >= 11 is 0. The number of hydrogen-bond donors (Lipinski definition) is 1. The van der Waals surface area contributed by atoms with Crippen molar-refractivity contribution in [1.29, 1.82) is 0 Å². The Hall–Kier alpha value is -1.97. The van der Waals surface area contributed by atoms with Gasteiger partial charge >= 0.3 is 0 Å². The van der Waals surface area contributed by atoms with Crippen molar-refractivity contribution >= 4 is 11.6 Å². The van der Waals surface area contributed by atoms with E-state index in [0.29, 0.717) is 6.04 Å². The molecule has 1 aromatic heterocycles. The number of nitrogens with zero attached hydrogens (tertiary/aromatic N) is 3. The van der Waals surface area contributed by atoms with Crippen LogP contribution in [0, 0.1) is 6.92 Å². The molecule has 0 bridgehead atoms. The number of imidazole rings is 1. The fourth-order valence-corrected chi connectivity index (χ4v) is 2.85. The van der Waals surface area contributed by atoms with E-state index in [4.69, 9.17) is 0 Å². The fourth-order valence-electron chi connectivity index (χ4n) is 2.85.